The van der Waals surface area contributed by atoms with Gasteiger partial charge in [0.25, 0.3) is 11.8 Å². The van der Waals surface area contributed by atoms with Crippen molar-refractivity contribution in [2.75, 3.05) is 32.7 Å². The van der Waals surface area contributed by atoms with Gasteiger partial charge in [0.05, 0.1) is 0 Å². The summed E-state index contributed by atoms with van der Waals surface area (Å²) in [5, 5.41) is 10.4. The number of fused-ring (bicyclic) bond motifs is 1. The van der Waals surface area contributed by atoms with Gasteiger partial charge in [0.15, 0.2) is 5.69 Å². The van der Waals surface area contributed by atoms with Crippen molar-refractivity contribution in [3.05, 3.63) is 52.1 Å². The summed E-state index contributed by atoms with van der Waals surface area (Å²) in [6, 6.07) is 4.52. The minimum atomic E-state index is -0.383. The lowest BCUT2D eigenvalue weighted by Crippen LogP contribution is -2.50. The van der Waals surface area contributed by atoms with Crippen LogP contribution in [-0.4, -0.2) is 64.5 Å². The molecule has 0 saturated carbocycles. The molecule has 0 unspecified atom stereocenters. The van der Waals surface area contributed by atoms with E-state index in [4.69, 9.17) is 0 Å². The highest BCUT2D eigenvalue weighted by Gasteiger charge is 2.29. The maximum absolute atomic E-state index is 13.7. The van der Waals surface area contributed by atoms with Gasteiger partial charge in [-0.2, -0.15) is 5.10 Å². The van der Waals surface area contributed by atoms with Gasteiger partial charge in [-0.15, -0.1) is 12.4 Å². The third-order valence-electron chi connectivity index (χ3n) is 5.28. The molecule has 2 N–H and O–H groups in total. The van der Waals surface area contributed by atoms with Crippen LogP contribution in [0.3, 0.4) is 0 Å². The van der Waals surface area contributed by atoms with E-state index in [9.17, 15) is 14.0 Å². The highest BCUT2D eigenvalue weighted by Crippen LogP contribution is 2.19. The van der Waals surface area contributed by atoms with Crippen molar-refractivity contribution in [1.29, 1.82) is 0 Å². The Hall–Kier alpha value is -2.45. The molecule has 1 aromatic carbocycles. The zero-order chi connectivity index (χ0) is 19.0. The molecule has 0 radical (unpaired) electrons. The highest BCUT2D eigenvalue weighted by atomic mass is 35.5. The van der Waals surface area contributed by atoms with Crippen LogP contribution in [0.2, 0.25) is 0 Å². The lowest BCUT2D eigenvalue weighted by molar-refractivity contribution is 0.0531. The second kappa shape index (κ2) is 8.28. The smallest absolute Gasteiger partial charge is 0.274 e. The predicted octanol–water partition coefficient (Wildman–Crippen LogP) is 1.52. The first-order valence-electron chi connectivity index (χ1n) is 9.16. The first kappa shape index (κ1) is 20.3. The van der Waals surface area contributed by atoms with E-state index in [1.54, 1.807) is 28.9 Å². The van der Waals surface area contributed by atoms with Crippen LogP contribution < -0.4 is 5.32 Å². The van der Waals surface area contributed by atoms with Crippen LogP contribution in [0, 0.1) is 12.7 Å². The Labute approximate surface area is 168 Å². The van der Waals surface area contributed by atoms with E-state index in [0.29, 0.717) is 49.5 Å². The maximum atomic E-state index is 13.7. The first-order chi connectivity index (χ1) is 13.0. The number of hydrogen-bond donors (Lipinski definition) is 2. The number of nitrogens with one attached hydrogen (secondary N) is 2. The number of amides is 2. The molecule has 3 heterocycles. The van der Waals surface area contributed by atoms with Crippen molar-refractivity contribution >= 4 is 24.2 Å². The van der Waals surface area contributed by atoms with Gasteiger partial charge in [0, 0.05) is 62.5 Å². The van der Waals surface area contributed by atoms with E-state index in [1.165, 1.54) is 6.07 Å². The van der Waals surface area contributed by atoms with Crippen molar-refractivity contribution in [3.63, 3.8) is 0 Å². The number of benzene rings is 1. The van der Waals surface area contributed by atoms with E-state index in [-0.39, 0.29) is 30.0 Å². The summed E-state index contributed by atoms with van der Waals surface area (Å²) >= 11 is 0. The predicted molar refractivity (Wildman–Crippen MR) is 104 cm³/mol. The van der Waals surface area contributed by atoms with Crippen LogP contribution >= 0.6 is 12.4 Å². The van der Waals surface area contributed by atoms with Crippen molar-refractivity contribution in [2.45, 2.75) is 19.9 Å². The Balaban J connectivity index is 0.00000225. The third kappa shape index (κ3) is 3.74. The lowest BCUT2D eigenvalue weighted by Gasteiger charge is -2.34. The van der Waals surface area contributed by atoms with Crippen LogP contribution in [-0.2, 0) is 13.0 Å². The van der Waals surface area contributed by atoms with Crippen LogP contribution in [0.5, 0.6) is 0 Å². The molecule has 2 aliphatic heterocycles. The Morgan fingerprint density at radius 1 is 1.11 bits per heavy atom. The fourth-order valence-corrected chi connectivity index (χ4v) is 3.57. The number of aryl methyl sites for hydroxylation is 1. The molecule has 150 valence electrons. The molecule has 1 fully saturated rings. The number of aromatic amines is 1. The monoisotopic (exact) mass is 407 g/mol. The molecule has 28 heavy (non-hydrogen) atoms. The Kier molecular flexibility index (Phi) is 6.00. The summed E-state index contributed by atoms with van der Waals surface area (Å²) in [6.07, 6.45) is 0.838. The molecule has 2 aromatic rings. The summed E-state index contributed by atoms with van der Waals surface area (Å²) in [5.74, 6) is -0.696. The number of carbonyl (C=O) groups is 2. The van der Waals surface area contributed by atoms with Gasteiger partial charge in [-0.25, -0.2) is 4.39 Å². The van der Waals surface area contributed by atoms with E-state index < -0.39 is 0 Å². The molecule has 9 heteroatoms. The zero-order valence-corrected chi connectivity index (χ0v) is 16.4. The molecule has 1 aromatic heterocycles. The van der Waals surface area contributed by atoms with Crippen molar-refractivity contribution in [2.24, 2.45) is 0 Å². The molecule has 4 rings (SSSR count). The van der Waals surface area contributed by atoms with Crippen LogP contribution in [0.25, 0.3) is 0 Å². The number of carbonyl (C=O) groups excluding carboxylic acids is 2. The number of piperazine rings is 1. The number of nitrogens with zero attached hydrogens (tertiary/aromatic N) is 3. The number of rotatable bonds is 2. The van der Waals surface area contributed by atoms with Crippen LogP contribution in [0.15, 0.2) is 18.2 Å². The summed E-state index contributed by atoms with van der Waals surface area (Å²) in [5.41, 5.74) is 3.29. The average molecular weight is 408 g/mol. The Morgan fingerprint density at radius 3 is 2.46 bits per heavy atom. The van der Waals surface area contributed by atoms with Crippen LogP contribution in [0.1, 0.15) is 37.7 Å². The molecule has 0 bridgehead atoms. The fraction of sp³-hybridized carbons (Fsp3) is 0.421. The summed E-state index contributed by atoms with van der Waals surface area (Å²) in [4.78, 5) is 28.8. The van der Waals surface area contributed by atoms with Gasteiger partial charge in [-0.3, -0.25) is 14.7 Å². The van der Waals surface area contributed by atoms with E-state index in [0.717, 1.165) is 24.2 Å². The lowest BCUT2D eigenvalue weighted by atomic mass is 10.1. The van der Waals surface area contributed by atoms with Crippen molar-refractivity contribution in [3.8, 4) is 0 Å². The van der Waals surface area contributed by atoms with Gasteiger partial charge >= 0.3 is 0 Å². The minimum Gasteiger partial charge on any atom is -0.335 e. The first-order valence-corrected chi connectivity index (χ1v) is 9.16. The Morgan fingerprint density at radius 2 is 1.79 bits per heavy atom. The van der Waals surface area contributed by atoms with Gasteiger partial charge in [0.2, 0.25) is 0 Å². The molecule has 0 spiro atoms. The van der Waals surface area contributed by atoms with Crippen molar-refractivity contribution in [1.82, 2.24) is 25.3 Å². The third-order valence-corrected chi connectivity index (χ3v) is 5.28. The molecule has 7 nitrogen and oxygen atoms in total. The molecule has 0 atom stereocenters. The normalized spacial score (nSPS) is 16.4. The maximum Gasteiger partial charge on any atom is 0.274 e. The standard InChI is InChI=1S/C19H22FN5O2.ClH/c1-12-2-3-13(10-15(12)20)18(26)24-6-8-25(9-7-24)19(27)17-14-11-21-5-4-16(14)22-23-17;/h2-3,10,21H,4-9,11H2,1H3,(H,22,23);1H. The fourth-order valence-electron chi connectivity index (χ4n) is 3.57. The minimum absolute atomic E-state index is 0. The molecule has 2 amide bonds. The number of halogens is 2. The topological polar surface area (TPSA) is 81.3 Å². The Bertz CT molecular complexity index is 892. The van der Waals surface area contributed by atoms with E-state index in [1.807, 2.05) is 0 Å². The molecule has 1 saturated heterocycles. The largest absolute Gasteiger partial charge is 0.335 e. The second-order valence-electron chi connectivity index (χ2n) is 7.00. The zero-order valence-electron chi connectivity index (χ0n) is 15.6. The quantitative estimate of drug-likeness (QED) is 0.791. The molecule has 2 aliphatic rings. The van der Waals surface area contributed by atoms with E-state index in [2.05, 4.69) is 15.5 Å². The molecule has 0 aliphatic carbocycles. The van der Waals surface area contributed by atoms with Gasteiger partial charge < -0.3 is 15.1 Å². The number of H-pyrrole nitrogens is 1. The van der Waals surface area contributed by atoms with Gasteiger partial charge in [-0.05, 0) is 24.6 Å². The van der Waals surface area contributed by atoms with Gasteiger partial charge in [-0.1, -0.05) is 6.07 Å². The molecular formula is C19H23ClFN5O2. The van der Waals surface area contributed by atoms with Gasteiger partial charge in [0.1, 0.15) is 5.82 Å². The number of aromatic nitrogens is 2. The second-order valence-corrected chi connectivity index (χ2v) is 7.00. The average Bonchev–Trinajstić information content (AvgIpc) is 3.13. The van der Waals surface area contributed by atoms with E-state index >= 15 is 0 Å². The van der Waals surface area contributed by atoms with Crippen molar-refractivity contribution < 1.29 is 14.0 Å². The summed E-state index contributed by atoms with van der Waals surface area (Å²) in [6.45, 7) is 4.91. The molecular weight excluding hydrogens is 385 g/mol. The summed E-state index contributed by atoms with van der Waals surface area (Å²) in [7, 11) is 0. The SMILES string of the molecule is Cc1ccc(C(=O)N2CCN(C(=O)c3n[nH]c4c3CNCC4)CC2)cc1F.Cl. The van der Waals surface area contributed by atoms with Crippen LogP contribution in [0.4, 0.5) is 4.39 Å². The highest BCUT2D eigenvalue weighted by molar-refractivity contribution is 5.96. The summed E-state index contributed by atoms with van der Waals surface area (Å²) < 4.78 is 13.7. The number of hydrogen-bond acceptors (Lipinski definition) is 4.